The van der Waals surface area contributed by atoms with Crippen LogP contribution in [0.4, 0.5) is 19.1 Å². The molecule has 0 aliphatic rings. The van der Waals surface area contributed by atoms with Crippen molar-refractivity contribution in [2.45, 2.75) is 24.5 Å². The third-order valence-electron chi connectivity index (χ3n) is 4.26. The summed E-state index contributed by atoms with van der Waals surface area (Å²) in [6, 6.07) is 14.7. The molecule has 1 aromatic heterocycles. The van der Waals surface area contributed by atoms with E-state index >= 15 is 0 Å². The molecule has 0 saturated carbocycles. The number of benzene rings is 2. The first-order valence-corrected chi connectivity index (χ1v) is 10.5. The highest BCUT2D eigenvalue weighted by Gasteiger charge is 2.36. The van der Waals surface area contributed by atoms with Crippen LogP contribution >= 0.6 is 0 Å². The second-order valence-corrected chi connectivity index (χ2v) is 8.52. The topological polar surface area (TPSA) is 72.0 Å². The molecule has 0 saturated heterocycles. The van der Waals surface area contributed by atoms with Gasteiger partial charge in [0.25, 0.3) is 0 Å². The average molecular weight is 421 g/mol. The fraction of sp³-hybridized carbons (Fsp3) is 0.200. The molecular formula is C20H18F3N3O2S. The Morgan fingerprint density at radius 3 is 2.14 bits per heavy atom. The zero-order valence-corrected chi connectivity index (χ0v) is 16.5. The van der Waals surface area contributed by atoms with E-state index in [2.05, 4.69) is 15.3 Å². The minimum Gasteiger partial charge on any atom is -0.350 e. The third-order valence-corrected chi connectivity index (χ3v) is 5.39. The van der Waals surface area contributed by atoms with Crippen LogP contribution in [0.2, 0.25) is 0 Å². The van der Waals surface area contributed by atoms with E-state index in [0.29, 0.717) is 5.56 Å². The minimum atomic E-state index is -4.66. The predicted octanol–water partition coefficient (Wildman–Crippen LogP) is 4.49. The van der Waals surface area contributed by atoms with Gasteiger partial charge in [-0.2, -0.15) is 13.2 Å². The molecule has 3 aromatic rings. The van der Waals surface area contributed by atoms with Gasteiger partial charge in [-0.3, -0.25) is 0 Å². The Morgan fingerprint density at radius 2 is 1.59 bits per heavy atom. The normalized spacial score (nSPS) is 12.0. The van der Waals surface area contributed by atoms with Crippen LogP contribution in [0.1, 0.15) is 16.8 Å². The van der Waals surface area contributed by atoms with Crippen molar-refractivity contribution >= 4 is 15.8 Å². The van der Waals surface area contributed by atoms with Crippen LogP contribution in [-0.4, -0.2) is 24.6 Å². The Morgan fingerprint density at radius 1 is 0.966 bits per heavy atom. The molecule has 0 bridgehead atoms. The number of hydrogen-bond acceptors (Lipinski definition) is 5. The predicted molar refractivity (Wildman–Crippen MR) is 104 cm³/mol. The molecule has 0 spiro atoms. The van der Waals surface area contributed by atoms with E-state index in [1.807, 2.05) is 30.3 Å². The lowest BCUT2D eigenvalue weighted by molar-refractivity contribution is -0.141. The minimum absolute atomic E-state index is 0.0754. The smallest absolute Gasteiger partial charge is 0.350 e. The molecule has 5 nitrogen and oxygen atoms in total. The van der Waals surface area contributed by atoms with E-state index in [9.17, 15) is 21.6 Å². The number of sulfone groups is 1. The van der Waals surface area contributed by atoms with Crippen LogP contribution in [0.25, 0.3) is 11.3 Å². The number of nitrogens with one attached hydrogen (secondary N) is 1. The van der Waals surface area contributed by atoms with Gasteiger partial charge in [0, 0.05) is 23.9 Å². The van der Waals surface area contributed by atoms with Crippen LogP contribution in [-0.2, 0) is 22.6 Å². The zero-order chi connectivity index (χ0) is 21.2. The standard InChI is InChI=1S/C20H18F3N3O2S/c1-13-17(15-8-10-16(11-9-15)29(2,27)28)25-19(26-18(13)20(21,22)23)24-12-14-6-4-3-5-7-14/h3-11H,12H2,1-2H3,(H,24,25,26). The van der Waals surface area contributed by atoms with Gasteiger partial charge in [-0.05, 0) is 24.6 Å². The summed E-state index contributed by atoms with van der Waals surface area (Å²) >= 11 is 0. The maximum atomic E-state index is 13.5. The van der Waals surface area contributed by atoms with E-state index in [1.54, 1.807) is 0 Å². The Hall–Kier alpha value is -2.94. The lowest BCUT2D eigenvalue weighted by Gasteiger charge is -2.16. The molecule has 29 heavy (non-hydrogen) atoms. The highest BCUT2D eigenvalue weighted by Crippen LogP contribution is 2.35. The molecule has 152 valence electrons. The van der Waals surface area contributed by atoms with E-state index in [1.165, 1.54) is 31.2 Å². The lowest BCUT2D eigenvalue weighted by Crippen LogP contribution is -2.15. The number of anilines is 1. The molecule has 9 heteroatoms. The van der Waals surface area contributed by atoms with Crippen molar-refractivity contribution in [1.82, 2.24) is 9.97 Å². The molecule has 0 atom stereocenters. The van der Waals surface area contributed by atoms with Gasteiger partial charge in [-0.25, -0.2) is 18.4 Å². The second kappa shape index (κ2) is 7.82. The van der Waals surface area contributed by atoms with Crippen molar-refractivity contribution in [1.29, 1.82) is 0 Å². The van der Waals surface area contributed by atoms with Crippen molar-refractivity contribution in [3.05, 3.63) is 71.4 Å². The van der Waals surface area contributed by atoms with E-state index in [0.717, 1.165) is 11.8 Å². The molecule has 3 rings (SSSR count). The van der Waals surface area contributed by atoms with Gasteiger partial charge >= 0.3 is 6.18 Å². The van der Waals surface area contributed by atoms with Gasteiger partial charge in [0.1, 0.15) is 0 Å². The van der Waals surface area contributed by atoms with Crippen molar-refractivity contribution < 1.29 is 21.6 Å². The van der Waals surface area contributed by atoms with Crippen LogP contribution in [0, 0.1) is 6.92 Å². The van der Waals surface area contributed by atoms with Crippen molar-refractivity contribution in [3.8, 4) is 11.3 Å². The molecule has 0 fully saturated rings. The number of alkyl halides is 3. The molecule has 2 aromatic carbocycles. The SMILES string of the molecule is Cc1c(-c2ccc(S(C)(=O)=O)cc2)nc(NCc2ccccc2)nc1C(F)(F)F. The highest BCUT2D eigenvalue weighted by molar-refractivity contribution is 7.90. The number of rotatable bonds is 5. The first-order chi connectivity index (χ1) is 13.6. The fourth-order valence-electron chi connectivity index (χ4n) is 2.79. The summed E-state index contributed by atoms with van der Waals surface area (Å²) in [5, 5.41) is 2.83. The molecule has 0 aliphatic heterocycles. The first kappa shape index (κ1) is 20.8. The summed E-state index contributed by atoms with van der Waals surface area (Å²) in [5.74, 6) is -0.158. The molecule has 1 heterocycles. The van der Waals surface area contributed by atoms with E-state index in [4.69, 9.17) is 0 Å². The van der Waals surface area contributed by atoms with E-state index in [-0.39, 0.29) is 28.6 Å². The summed E-state index contributed by atoms with van der Waals surface area (Å²) in [6.45, 7) is 1.55. The molecule has 0 unspecified atom stereocenters. The van der Waals surface area contributed by atoms with Crippen LogP contribution in [0.3, 0.4) is 0 Å². The molecule has 1 N–H and O–H groups in total. The highest BCUT2D eigenvalue weighted by atomic mass is 32.2. The molecule has 0 aliphatic carbocycles. The van der Waals surface area contributed by atoms with Gasteiger partial charge in [-0.15, -0.1) is 0 Å². The number of halogens is 3. The Bertz CT molecular complexity index is 1110. The van der Waals surface area contributed by atoms with Crippen LogP contribution in [0.15, 0.2) is 59.5 Å². The van der Waals surface area contributed by atoms with Gasteiger partial charge in [0.2, 0.25) is 5.95 Å². The quantitative estimate of drug-likeness (QED) is 0.657. The Balaban J connectivity index is 2.03. The van der Waals surface area contributed by atoms with Gasteiger partial charge in [0.15, 0.2) is 15.5 Å². The molecule has 0 amide bonds. The second-order valence-electron chi connectivity index (χ2n) is 6.50. The average Bonchev–Trinajstić information content (AvgIpc) is 2.66. The summed E-state index contributed by atoms with van der Waals surface area (Å²) in [5.41, 5.74) is 0.151. The molecular weight excluding hydrogens is 403 g/mol. The molecule has 0 radical (unpaired) electrons. The van der Waals surface area contributed by atoms with Gasteiger partial charge < -0.3 is 5.32 Å². The largest absolute Gasteiger partial charge is 0.433 e. The Kier molecular flexibility index (Phi) is 5.61. The van der Waals surface area contributed by atoms with E-state index < -0.39 is 21.7 Å². The zero-order valence-electron chi connectivity index (χ0n) is 15.7. The monoisotopic (exact) mass is 421 g/mol. The maximum Gasteiger partial charge on any atom is 0.433 e. The maximum absolute atomic E-state index is 13.5. The van der Waals surface area contributed by atoms with Crippen molar-refractivity contribution in [3.63, 3.8) is 0 Å². The summed E-state index contributed by atoms with van der Waals surface area (Å²) in [4.78, 5) is 7.99. The van der Waals surface area contributed by atoms with Gasteiger partial charge in [-0.1, -0.05) is 42.5 Å². The van der Waals surface area contributed by atoms with Crippen molar-refractivity contribution in [2.75, 3.05) is 11.6 Å². The van der Waals surface area contributed by atoms with Gasteiger partial charge in [0.05, 0.1) is 10.6 Å². The number of nitrogens with zero attached hydrogens (tertiary/aromatic N) is 2. The number of hydrogen-bond donors (Lipinski definition) is 1. The summed E-state index contributed by atoms with van der Waals surface area (Å²) < 4.78 is 63.8. The first-order valence-electron chi connectivity index (χ1n) is 8.60. The lowest BCUT2D eigenvalue weighted by atomic mass is 10.1. The summed E-state index contributed by atoms with van der Waals surface area (Å²) in [7, 11) is -3.42. The van der Waals surface area contributed by atoms with Crippen LogP contribution < -0.4 is 5.32 Å². The fourth-order valence-corrected chi connectivity index (χ4v) is 3.42. The van der Waals surface area contributed by atoms with Crippen LogP contribution in [0.5, 0.6) is 0 Å². The third kappa shape index (κ3) is 4.92. The Labute approximate surface area is 166 Å². The van der Waals surface area contributed by atoms with Crippen molar-refractivity contribution in [2.24, 2.45) is 0 Å². The number of aromatic nitrogens is 2. The summed E-state index contributed by atoms with van der Waals surface area (Å²) in [6.07, 6.45) is -3.59.